The first-order chi connectivity index (χ1) is 7.27. The van der Waals surface area contributed by atoms with E-state index in [4.69, 9.17) is 5.26 Å². The largest absolute Gasteiger partial charge is 0.358 e. The Bertz CT molecular complexity index is 536. The number of aromatic nitrogens is 1. The van der Waals surface area contributed by atoms with Gasteiger partial charge in [0.05, 0.1) is 16.8 Å². The van der Waals surface area contributed by atoms with E-state index in [0.717, 1.165) is 22.2 Å². The number of fused-ring (bicyclic) bond motifs is 1. The Hall–Kier alpha value is -1.60. The zero-order chi connectivity index (χ0) is 10.8. The minimum atomic E-state index is 0.701. The smallest absolute Gasteiger partial charge is 0.101 e. The van der Waals surface area contributed by atoms with Gasteiger partial charge in [-0.2, -0.15) is 5.26 Å². The van der Waals surface area contributed by atoms with Crippen LogP contribution in [0, 0.1) is 18.3 Å². The van der Waals surface area contributed by atoms with Crippen LogP contribution in [0.4, 0.5) is 5.69 Å². The fraction of sp³-hybridized carbons (Fsp3) is 0.182. The van der Waals surface area contributed by atoms with Crippen LogP contribution in [0.15, 0.2) is 18.3 Å². The molecule has 0 unspecified atom stereocenters. The second kappa shape index (κ2) is 3.87. The molecule has 0 aliphatic carbocycles. The molecule has 0 aliphatic heterocycles. The summed E-state index contributed by atoms with van der Waals surface area (Å²) in [5, 5.41) is 9.98. The van der Waals surface area contributed by atoms with Crippen molar-refractivity contribution in [3.63, 3.8) is 0 Å². The highest BCUT2D eigenvalue weighted by Gasteiger charge is 2.09. The second-order valence-electron chi connectivity index (χ2n) is 3.30. The molecule has 3 nitrogen and oxygen atoms in total. The highest BCUT2D eigenvalue weighted by atomic mass is 32.2. The monoisotopic (exact) mass is 217 g/mol. The molecule has 0 bridgehead atoms. The molecule has 0 radical (unpaired) electrons. The van der Waals surface area contributed by atoms with Crippen molar-refractivity contribution in [3.05, 3.63) is 29.5 Å². The number of nitrogens with zero attached hydrogens (tertiary/aromatic N) is 1. The molecule has 2 rings (SSSR count). The van der Waals surface area contributed by atoms with E-state index in [9.17, 15) is 0 Å². The van der Waals surface area contributed by atoms with Crippen LogP contribution >= 0.6 is 11.9 Å². The Morgan fingerprint density at radius 2 is 2.27 bits per heavy atom. The van der Waals surface area contributed by atoms with E-state index in [0.29, 0.717) is 5.56 Å². The third-order valence-corrected chi connectivity index (χ3v) is 2.80. The Kier molecular flexibility index (Phi) is 2.57. The number of nitriles is 1. The first kappa shape index (κ1) is 9.94. The standard InChI is InChI=1S/C11H11N3S/c1-7-3-4-9(14-15-2)11-10(7)8(5-12)6-13-11/h3-4,6,13-14H,1-2H3. The van der Waals surface area contributed by atoms with E-state index in [1.54, 1.807) is 6.20 Å². The molecule has 1 aromatic heterocycles. The second-order valence-corrected chi connectivity index (χ2v) is 3.91. The van der Waals surface area contributed by atoms with Crippen molar-refractivity contribution < 1.29 is 0 Å². The summed E-state index contributed by atoms with van der Waals surface area (Å²) < 4.78 is 3.19. The van der Waals surface area contributed by atoms with Crippen LogP contribution in [-0.4, -0.2) is 11.2 Å². The number of hydrogen-bond acceptors (Lipinski definition) is 3. The number of rotatable bonds is 2. The maximum absolute atomic E-state index is 8.97. The van der Waals surface area contributed by atoms with Gasteiger partial charge < -0.3 is 9.71 Å². The Morgan fingerprint density at radius 1 is 1.47 bits per heavy atom. The number of nitrogens with one attached hydrogen (secondary N) is 2. The van der Waals surface area contributed by atoms with Crippen molar-refractivity contribution in [2.24, 2.45) is 0 Å². The summed E-state index contributed by atoms with van der Waals surface area (Å²) in [6.45, 7) is 2.01. The van der Waals surface area contributed by atoms with Gasteiger partial charge in [0.2, 0.25) is 0 Å². The van der Waals surface area contributed by atoms with E-state index >= 15 is 0 Å². The molecular weight excluding hydrogens is 206 g/mol. The van der Waals surface area contributed by atoms with E-state index in [-0.39, 0.29) is 0 Å². The third kappa shape index (κ3) is 1.55. The predicted octanol–water partition coefficient (Wildman–Crippen LogP) is 3.04. The zero-order valence-electron chi connectivity index (χ0n) is 8.59. The Morgan fingerprint density at radius 3 is 2.93 bits per heavy atom. The topological polar surface area (TPSA) is 51.6 Å². The SMILES string of the molecule is CSNc1ccc(C)c2c(C#N)c[nH]c12. The Labute approximate surface area is 92.6 Å². The minimum Gasteiger partial charge on any atom is -0.358 e. The van der Waals surface area contributed by atoms with Crippen molar-refractivity contribution in [1.29, 1.82) is 5.26 Å². The average molecular weight is 217 g/mol. The molecule has 1 heterocycles. The van der Waals surface area contributed by atoms with Crippen molar-refractivity contribution >= 4 is 28.5 Å². The Balaban J connectivity index is 2.74. The molecular formula is C11H11N3S. The van der Waals surface area contributed by atoms with Crippen LogP contribution in [-0.2, 0) is 0 Å². The normalized spacial score (nSPS) is 10.2. The number of hydrogen-bond donors (Lipinski definition) is 2. The van der Waals surface area contributed by atoms with E-state index in [1.807, 2.05) is 25.3 Å². The number of H-pyrrole nitrogens is 1. The molecule has 1 aromatic carbocycles. The van der Waals surface area contributed by atoms with Gasteiger partial charge in [0.25, 0.3) is 0 Å². The summed E-state index contributed by atoms with van der Waals surface area (Å²) in [5.74, 6) is 0. The van der Waals surface area contributed by atoms with E-state index in [1.165, 1.54) is 11.9 Å². The summed E-state index contributed by atoms with van der Waals surface area (Å²) in [4.78, 5) is 3.14. The summed E-state index contributed by atoms with van der Waals surface area (Å²) in [5.41, 5.74) is 3.84. The van der Waals surface area contributed by atoms with Crippen molar-refractivity contribution in [2.45, 2.75) is 6.92 Å². The number of anilines is 1. The molecule has 2 N–H and O–H groups in total. The van der Waals surface area contributed by atoms with Gasteiger partial charge in [0, 0.05) is 17.8 Å². The molecule has 0 spiro atoms. The lowest BCUT2D eigenvalue weighted by atomic mass is 10.1. The van der Waals surface area contributed by atoms with Crippen molar-refractivity contribution in [2.75, 3.05) is 11.0 Å². The highest BCUT2D eigenvalue weighted by Crippen LogP contribution is 2.29. The number of benzene rings is 1. The van der Waals surface area contributed by atoms with Gasteiger partial charge in [-0.25, -0.2) is 0 Å². The first-order valence-electron chi connectivity index (χ1n) is 4.57. The summed E-state index contributed by atoms with van der Waals surface area (Å²) >= 11 is 1.54. The maximum Gasteiger partial charge on any atom is 0.101 e. The van der Waals surface area contributed by atoms with Crippen molar-refractivity contribution in [1.82, 2.24) is 4.98 Å². The molecule has 0 aliphatic rings. The highest BCUT2D eigenvalue weighted by molar-refractivity contribution is 7.99. The van der Waals surface area contributed by atoms with Crippen LogP contribution < -0.4 is 4.72 Å². The van der Waals surface area contributed by atoms with Crippen LogP contribution in [0.1, 0.15) is 11.1 Å². The summed E-state index contributed by atoms with van der Waals surface area (Å²) in [6.07, 6.45) is 3.73. The summed E-state index contributed by atoms with van der Waals surface area (Å²) in [6, 6.07) is 6.24. The van der Waals surface area contributed by atoms with Gasteiger partial charge >= 0.3 is 0 Å². The lowest BCUT2D eigenvalue weighted by Crippen LogP contribution is -1.87. The molecule has 0 saturated heterocycles. The van der Waals surface area contributed by atoms with Crippen LogP contribution in [0.5, 0.6) is 0 Å². The minimum absolute atomic E-state index is 0.701. The quantitative estimate of drug-likeness (QED) is 0.760. The van der Waals surface area contributed by atoms with Crippen LogP contribution in [0.25, 0.3) is 10.9 Å². The number of aryl methyl sites for hydroxylation is 1. The first-order valence-corrected chi connectivity index (χ1v) is 5.80. The molecule has 4 heteroatoms. The maximum atomic E-state index is 8.97. The van der Waals surface area contributed by atoms with Gasteiger partial charge in [0.15, 0.2) is 0 Å². The summed E-state index contributed by atoms with van der Waals surface area (Å²) in [7, 11) is 0. The van der Waals surface area contributed by atoms with Gasteiger partial charge in [-0.3, -0.25) is 0 Å². The molecule has 0 fully saturated rings. The molecule has 15 heavy (non-hydrogen) atoms. The molecule has 0 saturated carbocycles. The van der Waals surface area contributed by atoms with Crippen molar-refractivity contribution in [3.8, 4) is 6.07 Å². The molecule has 0 amide bonds. The van der Waals surface area contributed by atoms with Gasteiger partial charge in [-0.05, 0) is 18.6 Å². The molecule has 0 atom stereocenters. The van der Waals surface area contributed by atoms with Crippen LogP contribution in [0.3, 0.4) is 0 Å². The van der Waals surface area contributed by atoms with Gasteiger partial charge in [-0.15, -0.1) is 0 Å². The zero-order valence-corrected chi connectivity index (χ0v) is 9.40. The molecule has 2 aromatic rings. The van der Waals surface area contributed by atoms with E-state index < -0.39 is 0 Å². The predicted molar refractivity (Wildman–Crippen MR) is 64.9 cm³/mol. The number of aromatic amines is 1. The molecule has 76 valence electrons. The average Bonchev–Trinajstić information content (AvgIpc) is 2.67. The lowest BCUT2D eigenvalue weighted by Gasteiger charge is -2.05. The fourth-order valence-corrected chi connectivity index (χ4v) is 2.09. The fourth-order valence-electron chi connectivity index (χ4n) is 1.70. The van der Waals surface area contributed by atoms with Gasteiger partial charge in [0.1, 0.15) is 6.07 Å². The van der Waals surface area contributed by atoms with Crippen LogP contribution in [0.2, 0.25) is 0 Å². The lowest BCUT2D eigenvalue weighted by molar-refractivity contribution is 1.45. The van der Waals surface area contributed by atoms with E-state index in [2.05, 4.69) is 15.8 Å². The van der Waals surface area contributed by atoms with Gasteiger partial charge in [-0.1, -0.05) is 18.0 Å². The third-order valence-electron chi connectivity index (χ3n) is 2.38.